The molecule has 162 valence electrons. The number of anilines is 1. The minimum absolute atomic E-state index is 0.113. The SMILES string of the molecule is C[C@H](C(=O)NC[C@H](C(=O)NCc1cnc(N)[nH]1)c1ccc(F)cc1)N1CCCCC1. The van der Waals surface area contributed by atoms with Crippen molar-refractivity contribution in [3.63, 3.8) is 0 Å². The van der Waals surface area contributed by atoms with Gasteiger partial charge in [-0.25, -0.2) is 9.37 Å². The summed E-state index contributed by atoms with van der Waals surface area (Å²) in [4.78, 5) is 34.4. The number of hydrogen-bond acceptors (Lipinski definition) is 5. The standard InChI is InChI=1S/C21H29FN6O2/c1-14(28-9-3-2-4-10-28)19(29)25-13-18(15-5-7-16(22)8-6-15)20(30)24-11-17-12-26-21(23)27-17/h5-8,12,14,18H,2-4,9-11,13H2,1H3,(H,24,30)(H,25,29)(H3,23,26,27)/t14-,18+/m1/s1. The fourth-order valence-electron chi connectivity index (χ4n) is 3.65. The Balaban J connectivity index is 1.63. The molecule has 1 aliphatic heterocycles. The number of piperidine rings is 1. The van der Waals surface area contributed by atoms with E-state index in [1.165, 1.54) is 18.6 Å². The van der Waals surface area contributed by atoms with E-state index < -0.39 is 5.92 Å². The summed E-state index contributed by atoms with van der Waals surface area (Å²) in [5.41, 5.74) is 6.85. The third-order valence-corrected chi connectivity index (χ3v) is 5.49. The lowest BCUT2D eigenvalue weighted by atomic mass is 9.97. The van der Waals surface area contributed by atoms with Crippen molar-refractivity contribution in [2.45, 2.75) is 44.7 Å². The number of amides is 2. The Bertz CT molecular complexity index is 847. The van der Waals surface area contributed by atoms with Gasteiger partial charge >= 0.3 is 0 Å². The van der Waals surface area contributed by atoms with E-state index in [9.17, 15) is 14.0 Å². The predicted octanol–water partition coefficient (Wildman–Crippen LogP) is 1.52. The van der Waals surface area contributed by atoms with E-state index in [0.717, 1.165) is 25.9 Å². The number of nitrogens with one attached hydrogen (secondary N) is 3. The monoisotopic (exact) mass is 416 g/mol. The molecule has 5 N–H and O–H groups in total. The van der Waals surface area contributed by atoms with Crippen molar-refractivity contribution in [3.05, 3.63) is 47.5 Å². The predicted molar refractivity (Wildman–Crippen MR) is 112 cm³/mol. The third-order valence-electron chi connectivity index (χ3n) is 5.49. The molecule has 1 fully saturated rings. The van der Waals surface area contributed by atoms with Gasteiger partial charge in [-0.3, -0.25) is 14.5 Å². The number of nitrogens with two attached hydrogens (primary N) is 1. The number of aromatic nitrogens is 2. The zero-order valence-corrected chi connectivity index (χ0v) is 17.2. The maximum absolute atomic E-state index is 13.3. The molecule has 1 aromatic carbocycles. The molecule has 0 radical (unpaired) electrons. The number of H-pyrrole nitrogens is 1. The van der Waals surface area contributed by atoms with Crippen LogP contribution in [0.15, 0.2) is 30.5 Å². The molecule has 0 aliphatic carbocycles. The third kappa shape index (κ3) is 5.79. The average Bonchev–Trinajstić information content (AvgIpc) is 3.18. The number of carbonyl (C=O) groups is 2. The van der Waals surface area contributed by atoms with Crippen LogP contribution in [-0.2, 0) is 16.1 Å². The van der Waals surface area contributed by atoms with E-state index in [4.69, 9.17) is 5.73 Å². The highest BCUT2D eigenvalue weighted by Crippen LogP contribution is 2.17. The number of rotatable bonds is 8. The molecular weight excluding hydrogens is 387 g/mol. The molecule has 0 unspecified atom stereocenters. The Morgan fingerprint density at radius 3 is 2.50 bits per heavy atom. The van der Waals surface area contributed by atoms with E-state index in [-0.39, 0.29) is 42.7 Å². The summed E-state index contributed by atoms with van der Waals surface area (Å²) in [7, 11) is 0. The molecule has 0 spiro atoms. The number of hydrogen-bond donors (Lipinski definition) is 4. The highest BCUT2D eigenvalue weighted by Gasteiger charge is 2.26. The summed E-state index contributed by atoms with van der Waals surface area (Å²) in [6, 6.07) is 5.49. The number of imidazole rings is 1. The summed E-state index contributed by atoms with van der Waals surface area (Å²) >= 11 is 0. The Hall–Kier alpha value is -2.94. The molecule has 2 amide bonds. The molecule has 1 aromatic heterocycles. The molecule has 2 heterocycles. The number of nitrogen functional groups attached to an aromatic ring is 1. The second kappa shape index (κ2) is 10.2. The van der Waals surface area contributed by atoms with Gasteiger partial charge in [-0.1, -0.05) is 18.6 Å². The van der Waals surface area contributed by atoms with Crippen LogP contribution in [0.3, 0.4) is 0 Å². The fourth-order valence-corrected chi connectivity index (χ4v) is 3.65. The van der Waals surface area contributed by atoms with Crippen molar-refractivity contribution >= 4 is 17.8 Å². The van der Waals surface area contributed by atoms with Crippen molar-refractivity contribution in [2.24, 2.45) is 0 Å². The van der Waals surface area contributed by atoms with Crippen LogP contribution in [0.25, 0.3) is 0 Å². The maximum atomic E-state index is 13.3. The molecule has 9 heteroatoms. The van der Waals surface area contributed by atoms with Gasteiger partial charge in [0.15, 0.2) is 5.95 Å². The molecule has 1 aliphatic rings. The van der Waals surface area contributed by atoms with Gasteiger partial charge in [0.25, 0.3) is 0 Å². The summed E-state index contributed by atoms with van der Waals surface area (Å²) in [5.74, 6) is -1.15. The van der Waals surface area contributed by atoms with Gasteiger partial charge in [0.05, 0.1) is 30.4 Å². The number of benzene rings is 1. The first kappa shape index (κ1) is 21.8. The van der Waals surface area contributed by atoms with Gasteiger partial charge in [-0.15, -0.1) is 0 Å². The second-order valence-electron chi connectivity index (χ2n) is 7.63. The van der Waals surface area contributed by atoms with Crippen LogP contribution in [0.5, 0.6) is 0 Å². The van der Waals surface area contributed by atoms with Crippen molar-refractivity contribution in [2.75, 3.05) is 25.4 Å². The molecule has 0 bridgehead atoms. The zero-order valence-electron chi connectivity index (χ0n) is 17.2. The molecule has 8 nitrogen and oxygen atoms in total. The van der Waals surface area contributed by atoms with Crippen LogP contribution < -0.4 is 16.4 Å². The molecule has 0 saturated carbocycles. The van der Waals surface area contributed by atoms with Crippen LogP contribution in [-0.4, -0.2) is 52.4 Å². The van der Waals surface area contributed by atoms with Gasteiger partial charge in [-0.05, 0) is 50.6 Å². The Kier molecular flexibility index (Phi) is 7.40. The first-order valence-corrected chi connectivity index (χ1v) is 10.3. The normalized spacial score (nSPS) is 16.6. The number of aromatic amines is 1. The summed E-state index contributed by atoms with van der Waals surface area (Å²) in [6.07, 6.45) is 4.93. The smallest absolute Gasteiger partial charge is 0.237 e. The Morgan fingerprint density at radius 2 is 1.87 bits per heavy atom. The van der Waals surface area contributed by atoms with E-state index in [1.54, 1.807) is 18.3 Å². The molecular formula is C21H29FN6O2. The minimum Gasteiger partial charge on any atom is -0.369 e. The molecule has 2 aromatic rings. The van der Waals surface area contributed by atoms with Crippen molar-refractivity contribution in [1.82, 2.24) is 25.5 Å². The maximum Gasteiger partial charge on any atom is 0.237 e. The van der Waals surface area contributed by atoms with Crippen LogP contribution in [0.1, 0.15) is 43.4 Å². The zero-order chi connectivity index (χ0) is 21.5. The first-order chi connectivity index (χ1) is 14.4. The van der Waals surface area contributed by atoms with Crippen molar-refractivity contribution in [1.29, 1.82) is 0 Å². The number of carbonyl (C=O) groups excluding carboxylic acids is 2. The van der Waals surface area contributed by atoms with Crippen molar-refractivity contribution < 1.29 is 14.0 Å². The van der Waals surface area contributed by atoms with Crippen molar-refractivity contribution in [3.8, 4) is 0 Å². The van der Waals surface area contributed by atoms with Gasteiger partial charge in [0, 0.05) is 6.54 Å². The first-order valence-electron chi connectivity index (χ1n) is 10.3. The number of nitrogens with zero attached hydrogens (tertiary/aromatic N) is 2. The summed E-state index contributed by atoms with van der Waals surface area (Å²) < 4.78 is 13.3. The summed E-state index contributed by atoms with van der Waals surface area (Å²) in [6.45, 7) is 4.04. The highest BCUT2D eigenvalue weighted by molar-refractivity contribution is 5.86. The Morgan fingerprint density at radius 1 is 1.17 bits per heavy atom. The van der Waals surface area contributed by atoms with E-state index in [2.05, 4.69) is 25.5 Å². The average molecular weight is 417 g/mol. The second-order valence-corrected chi connectivity index (χ2v) is 7.63. The lowest BCUT2D eigenvalue weighted by molar-refractivity contribution is -0.126. The largest absolute Gasteiger partial charge is 0.369 e. The van der Waals surface area contributed by atoms with E-state index >= 15 is 0 Å². The highest BCUT2D eigenvalue weighted by atomic mass is 19.1. The number of likely N-dealkylation sites (tertiary alicyclic amines) is 1. The lowest BCUT2D eigenvalue weighted by Gasteiger charge is -2.31. The molecule has 30 heavy (non-hydrogen) atoms. The topological polar surface area (TPSA) is 116 Å². The van der Waals surface area contributed by atoms with Gasteiger partial charge in [-0.2, -0.15) is 0 Å². The quantitative estimate of drug-likeness (QED) is 0.521. The minimum atomic E-state index is -0.650. The van der Waals surface area contributed by atoms with E-state index in [1.807, 2.05) is 6.92 Å². The van der Waals surface area contributed by atoms with Gasteiger partial charge < -0.3 is 21.4 Å². The van der Waals surface area contributed by atoms with Crippen LogP contribution in [0.2, 0.25) is 0 Å². The van der Waals surface area contributed by atoms with Crippen LogP contribution in [0.4, 0.5) is 10.3 Å². The van der Waals surface area contributed by atoms with Crippen LogP contribution in [0, 0.1) is 5.82 Å². The fraction of sp³-hybridized carbons (Fsp3) is 0.476. The molecule has 3 rings (SSSR count). The van der Waals surface area contributed by atoms with Gasteiger partial charge in [0.1, 0.15) is 5.82 Å². The number of halogens is 1. The molecule has 2 atom stereocenters. The van der Waals surface area contributed by atoms with E-state index in [0.29, 0.717) is 11.3 Å². The molecule has 1 saturated heterocycles. The van der Waals surface area contributed by atoms with Crippen LogP contribution >= 0.6 is 0 Å². The lowest BCUT2D eigenvalue weighted by Crippen LogP contribution is -2.48. The van der Waals surface area contributed by atoms with Gasteiger partial charge in [0.2, 0.25) is 11.8 Å². The summed E-state index contributed by atoms with van der Waals surface area (Å²) in [5, 5.41) is 5.72. The Labute approximate surface area is 175 Å².